The molecule has 1 unspecified atom stereocenters. The number of ether oxygens (including phenoxy) is 1. The van der Waals surface area contributed by atoms with Crippen molar-refractivity contribution in [2.75, 3.05) is 38.6 Å². The van der Waals surface area contributed by atoms with Crippen LogP contribution in [0.15, 0.2) is 65.2 Å². The fourth-order valence-corrected chi connectivity index (χ4v) is 4.43. The molecule has 8 nitrogen and oxygen atoms in total. The normalized spacial score (nSPS) is 15.3. The van der Waals surface area contributed by atoms with Crippen LogP contribution in [0.2, 0.25) is 0 Å². The second-order valence-electron chi connectivity index (χ2n) is 8.74. The molecule has 0 radical (unpaired) electrons. The van der Waals surface area contributed by atoms with Gasteiger partial charge in [-0.05, 0) is 43.0 Å². The number of benzene rings is 2. The third kappa shape index (κ3) is 6.48. The van der Waals surface area contributed by atoms with Crippen LogP contribution in [0.1, 0.15) is 35.8 Å². The number of amides is 2. The highest BCUT2D eigenvalue weighted by Crippen LogP contribution is 2.25. The molecule has 1 fully saturated rings. The molecule has 0 spiro atoms. The minimum atomic E-state index is -0.484. The molecule has 0 bridgehead atoms. The smallest absolute Gasteiger partial charge is 0.247 e. The number of aryl methyl sites for hydroxylation is 2. The fraction of sp³-hybridized carbons (Fsp3) is 0.370. The zero-order valence-electron chi connectivity index (χ0n) is 20.3. The minimum Gasteiger partial charge on any atom is -0.497 e. The first-order chi connectivity index (χ1) is 17.0. The van der Waals surface area contributed by atoms with Crippen molar-refractivity contribution in [3.05, 3.63) is 77.6 Å². The van der Waals surface area contributed by atoms with Gasteiger partial charge in [-0.3, -0.25) is 14.5 Å². The van der Waals surface area contributed by atoms with E-state index in [0.29, 0.717) is 50.6 Å². The Morgan fingerprint density at radius 1 is 1.06 bits per heavy atom. The van der Waals surface area contributed by atoms with E-state index in [9.17, 15) is 9.59 Å². The molecule has 8 heteroatoms. The van der Waals surface area contributed by atoms with Crippen LogP contribution < -0.4 is 10.1 Å². The first-order valence-electron chi connectivity index (χ1n) is 12.0. The lowest BCUT2D eigenvalue weighted by Crippen LogP contribution is -2.40. The molecular formula is C27H32N4O4. The van der Waals surface area contributed by atoms with Gasteiger partial charge in [-0.15, -0.1) is 0 Å². The van der Waals surface area contributed by atoms with Crippen molar-refractivity contribution in [1.29, 1.82) is 0 Å². The average molecular weight is 477 g/mol. The molecule has 1 saturated heterocycles. The summed E-state index contributed by atoms with van der Waals surface area (Å²) < 4.78 is 10.3. The van der Waals surface area contributed by atoms with Gasteiger partial charge in [-0.25, -0.2) is 0 Å². The summed E-state index contributed by atoms with van der Waals surface area (Å²) in [5.41, 5.74) is 2.02. The summed E-state index contributed by atoms with van der Waals surface area (Å²) in [4.78, 5) is 30.4. The van der Waals surface area contributed by atoms with Crippen molar-refractivity contribution in [3.63, 3.8) is 0 Å². The van der Waals surface area contributed by atoms with Crippen LogP contribution in [0.4, 0.5) is 5.82 Å². The zero-order valence-corrected chi connectivity index (χ0v) is 20.3. The van der Waals surface area contributed by atoms with E-state index in [2.05, 4.69) is 15.4 Å². The highest BCUT2D eigenvalue weighted by Gasteiger charge is 2.30. The molecule has 4 rings (SSSR count). The summed E-state index contributed by atoms with van der Waals surface area (Å²) in [5, 5.41) is 6.79. The molecule has 1 aromatic heterocycles. The van der Waals surface area contributed by atoms with Gasteiger partial charge in [0, 0.05) is 38.7 Å². The summed E-state index contributed by atoms with van der Waals surface area (Å²) >= 11 is 0. The van der Waals surface area contributed by atoms with Gasteiger partial charge in [0.1, 0.15) is 17.6 Å². The Balaban J connectivity index is 1.39. The van der Waals surface area contributed by atoms with Crippen LogP contribution in [-0.4, -0.2) is 60.1 Å². The van der Waals surface area contributed by atoms with Gasteiger partial charge < -0.3 is 19.5 Å². The Labute approximate surface area is 205 Å². The zero-order chi connectivity index (χ0) is 24.6. The summed E-state index contributed by atoms with van der Waals surface area (Å²) in [7, 11) is 1.64. The van der Waals surface area contributed by atoms with Crippen LogP contribution in [-0.2, 0) is 16.0 Å². The summed E-state index contributed by atoms with van der Waals surface area (Å²) in [6.07, 6.45) is 1.95. The lowest BCUT2D eigenvalue weighted by molar-refractivity contribution is -0.131. The van der Waals surface area contributed by atoms with E-state index in [1.807, 2.05) is 59.5 Å². The Bertz CT molecular complexity index is 1110. The Morgan fingerprint density at radius 3 is 2.51 bits per heavy atom. The lowest BCUT2D eigenvalue weighted by atomic mass is 10.0. The van der Waals surface area contributed by atoms with Gasteiger partial charge in [0.15, 0.2) is 5.82 Å². The molecular weight excluding hydrogens is 444 g/mol. The molecule has 1 aliphatic heterocycles. The highest BCUT2D eigenvalue weighted by atomic mass is 16.5. The molecule has 0 saturated carbocycles. The number of hydrogen-bond donors (Lipinski definition) is 1. The number of nitrogens with one attached hydrogen (secondary N) is 1. The molecule has 0 aliphatic carbocycles. The Morgan fingerprint density at radius 2 is 1.83 bits per heavy atom. The second kappa shape index (κ2) is 11.7. The molecule has 2 aromatic carbocycles. The monoisotopic (exact) mass is 476 g/mol. The summed E-state index contributed by atoms with van der Waals surface area (Å²) in [6.45, 7) is 4.38. The number of rotatable bonds is 8. The largest absolute Gasteiger partial charge is 0.497 e. The van der Waals surface area contributed by atoms with Crippen molar-refractivity contribution in [3.8, 4) is 5.75 Å². The van der Waals surface area contributed by atoms with E-state index in [4.69, 9.17) is 9.26 Å². The van der Waals surface area contributed by atoms with E-state index in [1.54, 1.807) is 20.1 Å². The van der Waals surface area contributed by atoms with E-state index < -0.39 is 6.04 Å². The third-order valence-corrected chi connectivity index (χ3v) is 6.28. The van der Waals surface area contributed by atoms with E-state index in [0.717, 1.165) is 23.3 Å². The van der Waals surface area contributed by atoms with Crippen molar-refractivity contribution in [2.45, 2.75) is 32.2 Å². The average Bonchev–Trinajstić information content (AvgIpc) is 3.13. The summed E-state index contributed by atoms with van der Waals surface area (Å²) in [6, 6.07) is 18.8. The lowest BCUT2D eigenvalue weighted by Gasteiger charge is -2.30. The highest BCUT2D eigenvalue weighted by molar-refractivity contribution is 5.94. The van der Waals surface area contributed by atoms with Crippen molar-refractivity contribution < 1.29 is 18.8 Å². The third-order valence-electron chi connectivity index (χ3n) is 6.28. The van der Waals surface area contributed by atoms with E-state index >= 15 is 0 Å². The topological polar surface area (TPSA) is 87.9 Å². The van der Waals surface area contributed by atoms with Gasteiger partial charge in [0.25, 0.3) is 0 Å². The quantitative estimate of drug-likeness (QED) is 0.532. The van der Waals surface area contributed by atoms with Gasteiger partial charge in [0.05, 0.1) is 7.11 Å². The molecule has 1 N–H and O–H groups in total. The maximum absolute atomic E-state index is 13.3. The van der Waals surface area contributed by atoms with Crippen LogP contribution >= 0.6 is 0 Å². The van der Waals surface area contributed by atoms with E-state index in [1.165, 1.54) is 0 Å². The Kier molecular flexibility index (Phi) is 8.15. The van der Waals surface area contributed by atoms with Gasteiger partial charge in [-0.1, -0.05) is 47.6 Å². The molecule has 1 aliphatic rings. The molecule has 2 heterocycles. The predicted molar refractivity (Wildman–Crippen MR) is 133 cm³/mol. The molecule has 184 valence electrons. The maximum Gasteiger partial charge on any atom is 0.247 e. The van der Waals surface area contributed by atoms with Crippen LogP contribution in [0.25, 0.3) is 0 Å². The van der Waals surface area contributed by atoms with Crippen molar-refractivity contribution in [1.82, 2.24) is 15.0 Å². The fourth-order valence-electron chi connectivity index (χ4n) is 4.43. The summed E-state index contributed by atoms with van der Waals surface area (Å²) in [5.74, 6) is 1.82. The number of anilines is 1. The first-order valence-corrected chi connectivity index (χ1v) is 12.0. The Hall–Kier alpha value is -3.65. The molecule has 2 amide bonds. The molecule has 1 atom stereocenters. The number of methoxy groups -OCH3 is 1. The predicted octanol–water partition coefficient (Wildman–Crippen LogP) is 3.84. The number of nitrogens with zero attached hydrogens (tertiary/aromatic N) is 3. The maximum atomic E-state index is 13.3. The standard InChI is InChI=1S/C27H32N4O4/c1-20-19-24(29-35-20)28-27(33)26(22-7-4-3-5-8-22)31-16-6-15-30(17-18-31)25(32)14-11-21-9-12-23(34-2)13-10-21/h3-5,7-10,12-13,19,26H,6,11,14-18H2,1-2H3,(H,28,29,33). The minimum absolute atomic E-state index is 0.140. The number of hydrogen-bond acceptors (Lipinski definition) is 6. The van der Waals surface area contributed by atoms with Crippen LogP contribution in [0.5, 0.6) is 5.75 Å². The van der Waals surface area contributed by atoms with Crippen LogP contribution in [0, 0.1) is 6.92 Å². The van der Waals surface area contributed by atoms with Gasteiger partial charge >= 0.3 is 0 Å². The number of carbonyl (C=O) groups is 2. The van der Waals surface area contributed by atoms with E-state index in [-0.39, 0.29) is 11.8 Å². The first kappa shape index (κ1) is 24.5. The SMILES string of the molecule is COc1ccc(CCC(=O)N2CCCN(C(C(=O)Nc3cc(C)on3)c3ccccc3)CC2)cc1. The molecule has 35 heavy (non-hydrogen) atoms. The van der Waals surface area contributed by atoms with Gasteiger partial charge in [0.2, 0.25) is 11.8 Å². The molecule has 3 aromatic rings. The number of aromatic nitrogens is 1. The van der Waals surface area contributed by atoms with Crippen molar-refractivity contribution >= 4 is 17.6 Å². The number of carbonyl (C=O) groups excluding carboxylic acids is 2. The second-order valence-corrected chi connectivity index (χ2v) is 8.74. The van der Waals surface area contributed by atoms with Crippen molar-refractivity contribution in [2.24, 2.45) is 0 Å². The van der Waals surface area contributed by atoms with Gasteiger partial charge in [-0.2, -0.15) is 0 Å². The van der Waals surface area contributed by atoms with Crippen LogP contribution in [0.3, 0.4) is 0 Å².